The van der Waals surface area contributed by atoms with E-state index in [2.05, 4.69) is 12.2 Å². The van der Waals surface area contributed by atoms with Gasteiger partial charge in [0.1, 0.15) is 5.75 Å². The summed E-state index contributed by atoms with van der Waals surface area (Å²) in [5.74, 6) is 1.33. The molecule has 3 N–H and O–H groups in total. The fraction of sp³-hybridized carbons (Fsp3) is 0.533. The predicted octanol–water partition coefficient (Wildman–Crippen LogP) is 2.34. The number of carbonyl (C=O) groups excluding carboxylic acids is 1. The third kappa shape index (κ3) is 4.47. The first kappa shape index (κ1) is 13.7. The van der Waals surface area contributed by atoms with E-state index < -0.39 is 0 Å². The molecule has 0 heterocycles. The van der Waals surface area contributed by atoms with Crippen molar-refractivity contribution in [2.45, 2.75) is 38.6 Å². The van der Waals surface area contributed by atoms with Crippen LogP contribution < -0.4 is 15.8 Å². The summed E-state index contributed by atoms with van der Waals surface area (Å²) in [7, 11) is 0. The van der Waals surface area contributed by atoms with E-state index in [1.165, 1.54) is 12.8 Å². The van der Waals surface area contributed by atoms with Crippen molar-refractivity contribution >= 4 is 11.6 Å². The Hall–Kier alpha value is -1.71. The number of carbonyl (C=O) groups is 1. The second-order valence-corrected chi connectivity index (χ2v) is 5.39. The number of rotatable bonds is 4. The van der Waals surface area contributed by atoms with Crippen molar-refractivity contribution < 1.29 is 9.53 Å². The molecule has 1 aromatic carbocycles. The number of benzene rings is 1. The zero-order chi connectivity index (χ0) is 13.7. The highest BCUT2D eigenvalue weighted by Gasteiger charge is 2.20. The van der Waals surface area contributed by atoms with Crippen LogP contribution in [0.2, 0.25) is 0 Å². The van der Waals surface area contributed by atoms with Crippen molar-refractivity contribution in [3.05, 3.63) is 24.3 Å². The number of nitrogen functional groups attached to an aromatic ring is 1. The van der Waals surface area contributed by atoms with Gasteiger partial charge in [-0.1, -0.05) is 19.8 Å². The Balaban J connectivity index is 1.73. The Kier molecular flexibility index (Phi) is 4.66. The minimum absolute atomic E-state index is 0.0454. The van der Waals surface area contributed by atoms with Crippen LogP contribution in [0.4, 0.5) is 5.69 Å². The molecule has 0 aromatic heterocycles. The fourth-order valence-corrected chi connectivity index (χ4v) is 2.55. The van der Waals surface area contributed by atoms with Gasteiger partial charge in [-0.2, -0.15) is 0 Å². The quantitative estimate of drug-likeness (QED) is 0.819. The molecule has 1 saturated carbocycles. The molecule has 1 aromatic rings. The molecule has 0 spiro atoms. The van der Waals surface area contributed by atoms with Crippen molar-refractivity contribution in [1.82, 2.24) is 5.32 Å². The summed E-state index contributed by atoms with van der Waals surface area (Å²) in [5, 5.41) is 3.04. The van der Waals surface area contributed by atoms with Gasteiger partial charge < -0.3 is 15.8 Å². The second-order valence-electron chi connectivity index (χ2n) is 5.39. The Morgan fingerprint density at radius 2 is 2.11 bits per heavy atom. The van der Waals surface area contributed by atoms with Gasteiger partial charge in [0.15, 0.2) is 6.61 Å². The van der Waals surface area contributed by atoms with Gasteiger partial charge in [-0.05, 0) is 43.0 Å². The van der Waals surface area contributed by atoms with Gasteiger partial charge in [-0.3, -0.25) is 4.79 Å². The molecule has 0 saturated heterocycles. The van der Waals surface area contributed by atoms with Gasteiger partial charge in [0, 0.05) is 11.7 Å². The zero-order valence-corrected chi connectivity index (χ0v) is 11.4. The van der Waals surface area contributed by atoms with Crippen LogP contribution in [0.3, 0.4) is 0 Å². The van der Waals surface area contributed by atoms with Crippen molar-refractivity contribution in [2.75, 3.05) is 12.3 Å². The standard InChI is InChI=1S/C15H22N2O2/c1-11-3-2-4-13(9-11)17-15(18)10-19-14-7-5-12(16)6-8-14/h5-8,11,13H,2-4,9-10,16H2,1H3,(H,17,18)/t11-,13+/m0/s1. The normalized spacial score (nSPS) is 22.8. The van der Waals surface area contributed by atoms with Crippen LogP contribution >= 0.6 is 0 Å². The van der Waals surface area contributed by atoms with Gasteiger partial charge >= 0.3 is 0 Å². The van der Waals surface area contributed by atoms with E-state index in [1.54, 1.807) is 24.3 Å². The summed E-state index contributed by atoms with van der Waals surface area (Å²) in [6.07, 6.45) is 4.63. The number of ether oxygens (including phenoxy) is 1. The van der Waals surface area contributed by atoms with Crippen molar-refractivity contribution in [2.24, 2.45) is 5.92 Å². The molecule has 1 fully saturated rings. The molecular formula is C15H22N2O2. The minimum Gasteiger partial charge on any atom is -0.484 e. The molecule has 2 atom stereocenters. The summed E-state index contributed by atoms with van der Waals surface area (Å²) < 4.78 is 5.42. The highest BCUT2D eigenvalue weighted by molar-refractivity contribution is 5.77. The maximum Gasteiger partial charge on any atom is 0.258 e. The van der Waals surface area contributed by atoms with E-state index in [1.807, 2.05) is 0 Å². The largest absolute Gasteiger partial charge is 0.484 e. The topological polar surface area (TPSA) is 64.3 Å². The smallest absolute Gasteiger partial charge is 0.258 e. The lowest BCUT2D eigenvalue weighted by Gasteiger charge is -2.27. The monoisotopic (exact) mass is 262 g/mol. The molecule has 1 aliphatic rings. The van der Waals surface area contributed by atoms with E-state index in [4.69, 9.17) is 10.5 Å². The molecule has 0 unspecified atom stereocenters. The molecule has 1 aliphatic carbocycles. The fourth-order valence-electron chi connectivity index (χ4n) is 2.55. The Labute approximate surface area is 114 Å². The van der Waals surface area contributed by atoms with Gasteiger partial charge in [-0.15, -0.1) is 0 Å². The Morgan fingerprint density at radius 1 is 1.37 bits per heavy atom. The van der Waals surface area contributed by atoms with Crippen molar-refractivity contribution in [3.63, 3.8) is 0 Å². The molecule has 2 rings (SSSR count). The van der Waals surface area contributed by atoms with Gasteiger partial charge in [0.05, 0.1) is 0 Å². The average molecular weight is 262 g/mol. The van der Waals surface area contributed by atoms with E-state index in [0.717, 1.165) is 12.8 Å². The third-order valence-electron chi connectivity index (χ3n) is 3.55. The molecular weight excluding hydrogens is 240 g/mol. The van der Waals surface area contributed by atoms with Gasteiger partial charge in [0.25, 0.3) is 5.91 Å². The van der Waals surface area contributed by atoms with Crippen LogP contribution in [0.25, 0.3) is 0 Å². The van der Waals surface area contributed by atoms with Crippen LogP contribution in [-0.2, 0) is 4.79 Å². The Bertz CT molecular complexity index is 417. The Morgan fingerprint density at radius 3 is 2.79 bits per heavy atom. The van der Waals surface area contributed by atoms with Crippen molar-refractivity contribution in [3.8, 4) is 5.75 Å². The lowest BCUT2D eigenvalue weighted by molar-refractivity contribution is -0.124. The molecule has 0 bridgehead atoms. The molecule has 4 nitrogen and oxygen atoms in total. The summed E-state index contributed by atoms with van der Waals surface area (Å²) in [4.78, 5) is 11.8. The maximum absolute atomic E-state index is 11.8. The first-order valence-corrected chi connectivity index (χ1v) is 6.91. The lowest BCUT2D eigenvalue weighted by atomic mass is 9.87. The van der Waals surface area contributed by atoms with Gasteiger partial charge in [-0.25, -0.2) is 0 Å². The van der Waals surface area contributed by atoms with Crippen LogP contribution in [-0.4, -0.2) is 18.6 Å². The number of hydrogen-bond acceptors (Lipinski definition) is 3. The first-order valence-electron chi connectivity index (χ1n) is 6.91. The summed E-state index contributed by atoms with van der Waals surface area (Å²) in [5.41, 5.74) is 6.27. The highest BCUT2D eigenvalue weighted by atomic mass is 16.5. The van der Waals surface area contributed by atoms with Crippen LogP contribution in [0.15, 0.2) is 24.3 Å². The molecule has 19 heavy (non-hydrogen) atoms. The predicted molar refractivity (Wildman–Crippen MR) is 75.9 cm³/mol. The average Bonchev–Trinajstić information content (AvgIpc) is 2.38. The molecule has 0 radical (unpaired) electrons. The van der Waals surface area contributed by atoms with E-state index in [9.17, 15) is 4.79 Å². The van der Waals surface area contributed by atoms with E-state index in [0.29, 0.717) is 23.4 Å². The number of nitrogens with two attached hydrogens (primary N) is 1. The van der Waals surface area contributed by atoms with E-state index >= 15 is 0 Å². The summed E-state index contributed by atoms with van der Waals surface area (Å²) in [6, 6.07) is 7.37. The first-order chi connectivity index (χ1) is 9.13. The molecule has 104 valence electrons. The van der Waals surface area contributed by atoms with Crippen LogP contribution in [0.1, 0.15) is 32.6 Å². The van der Waals surface area contributed by atoms with Crippen LogP contribution in [0.5, 0.6) is 5.75 Å². The molecule has 0 aliphatic heterocycles. The maximum atomic E-state index is 11.8. The molecule has 1 amide bonds. The van der Waals surface area contributed by atoms with Crippen LogP contribution in [0, 0.1) is 5.92 Å². The van der Waals surface area contributed by atoms with E-state index in [-0.39, 0.29) is 12.5 Å². The second kappa shape index (κ2) is 6.45. The summed E-state index contributed by atoms with van der Waals surface area (Å²) >= 11 is 0. The highest BCUT2D eigenvalue weighted by Crippen LogP contribution is 2.23. The number of hydrogen-bond donors (Lipinski definition) is 2. The lowest BCUT2D eigenvalue weighted by Crippen LogP contribution is -2.40. The van der Waals surface area contributed by atoms with Gasteiger partial charge in [0.2, 0.25) is 0 Å². The zero-order valence-electron chi connectivity index (χ0n) is 11.4. The number of amides is 1. The SMILES string of the molecule is C[C@H]1CCC[C@@H](NC(=O)COc2ccc(N)cc2)C1. The number of anilines is 1. The minimum atomic E-state index is -0.0454. The van der Waals surface area contributed by atoms with Crippen molar-refractivity contribution in [1.29, 1.82) is 0 Å². The summed E-state index contributed by atoms with van der Waals surface area (Å²) in [6.45, 7) is 2.30. The molecule has 4 heteroatoms. The third-order valence-corrected chi connectivity index (χ3v) is 3.55. The number of nitrogens with one attached hydrogen (secondary N) is 1.